The third-order valence-corrected chi connectivity index (χ3v) is 3.28. The van der Waals surface area contributed by atoms with E-state index < -0.39 is 0 Å². The lowest BCUT2D eigenvalue weighted by atomic mass is 10.1. The van der Waals surface area contributed by atoms with Crippen molar-refractivity contribution in [2.24, 2.45) is 0 Å². The lowest BCUT2D eigenvalue weighted by Crippen LogP contribution is -2.40. The molecule has 1 unspecified atom stereocenters. The fraction of sp³-hybridized carbons (Fsp3) is 0.533. The topological polar surface area (TPSA) is 58.4 Å². The maximum absolute atomic E-state index is 11.9. The molecule has 1 aromatic carbocycles. The number of likely N-dealkylation sites (N-methyl/N-ethyl adjacent to an activating group) is 1. The van der Waals surface area contributed by atoms with E-state index in [0.717, 1.165) is 24.2 Å². The van der Waals surface area contributed by atoms with Gasteiger partial charge in [-0.1, -0.05) is 32.0 Å². The quantitative estimate of drug-likeness (QED) is 0.740. The van der Waals surface area contributed by atoms with Crippen molar-refractivity contribution in [1.29, 1.82) is 0 Å². The summed E-state index contributed by atoms with van der Waals surface area (Å²) in [6.45, 7) is 8.07. The Kier molecular flexibility index (Phi) is 6.36. The molecule has 0 fully saturated rings. The van der Waals surface area contributed by atoms with Crippen LogP contribution in [0.15, 0.2) is 24.3 Å². The summed E-state index contributed by atoms with van der Waals surface area (Å²) in [5.74, 6) is 0.0747. The number of amides is 1. The molecule has 0 spiro atoms. The number of carbonyl (C=O) groups is 1. The summed E-state index contributed by atoms with van der Waals surface area (Å²) in [4.78, 5) is 14.0. The highest BCUT2D eigenvalue weighted by atomic mass is 16.2. The van der Waals surface area contributed by atoms with Gasteiger partial charge in [0.2, 0.25) is 5.91 Å². The predicted octanol–water partition coefficient (Wildman–Crippen LogP) is 2.01. The fourth-order valence-electron chi connectivity index (χ4n) is 1.82. The van der Waals surface area contributed by atoms with E-state index in [-0.39, 0.29) is 11.9 Å². The van der Waals surface area contributed by atoms with E-state index in [2.05, 4.69) is 24.1 Å². The second-order valence-electron chi connectivity index (χ2n) is 4.88. The van der Waals surface area contributed by atoms with Crippen molar-refractivity contribution in [1.82, 2.24) is 10.2 Å². The van der Waals surface area contributed by atoms with Gasteiger partial charge in [0.25, 0.3) is 0 Å². The minimum absolute atomic E-state index is 0.0747. The van der Waals surface area contributed by atoms with Gasteiger partial charge in [-0.05, 0) is 31.5 Å². The molecule has 1 rings (SSSR count). The van der Waals surface area contributed by atoms with E-state index in [1.54, 1.807) is 0 Å². The summed E-state index contributed by atoms with van der Waals surface area (Å²) >= 11 is 0. The Morgan fingerprint density at radius 2 is 2.05 bits per heavy atom. The van der Waals surface area contributed by atoms with Gasteiger partial charge in [0.15, 0.2) is 0 Å². The van der Waals surface area contributed by atoms with Gasteiger partial charge >= 0.3 is 0 Å². The lowest BCUT2D eigenvalue weighted by molar-refractivity contribution is -0.122. The molecule has 0 saturated carbocycles. The monoisotopic (exact) mass is 263 g/mol. The van der Waals surface area contributed by atoms with Gasteiger partial charge in [0, 0.05) is 18.3 Å². The summed E-state index contributed by atoms with van der Waals surface area (Å²) in [5.41, 5.74) is 7.78. The molecule has 19 heavy (non-hydrogen) atoms. The van der Waals surface area contributed by atoms with Crippen LogP contribution in [0, 0.1) is 0 Å². The van der Waals surface area contributed by atoms with Crippen LogP contribution in [0.2, 0.25) is 0 Å². The Morgan fingerprint density at radius 3 is 2.63 bits per heavy atom. The van der Waals surface area contributed by atoms with Crippen LogP contribution < -0.4 is 11.1 Å². The summed E-state index contributed by atoms with van der Waals surface area (Å²) in [6, 6.07) is 8.02. The van der Waals surface area contributed by atoms with E-state index in [4.69, 9.17) is 5.73 Å². The minimum Gasteiger partial charge on any atom is -0.398 e. The predicted molar refractivity (Wildman–Crippen MR) is 79.7 cm³/mol. The van der Waals surface area contributed by atoms with Crippen LogP contribution in [0.25, 0.3) is 0 Å². The molecular weight excluding hydrogens is 238 g/mol. The van der Waals surface area contributed by atoms with Gasteiger partial charge in [-0.2, -0.15) is 0 Å². The highest BCUT2D eigenvalue weighted by Gasteiger charge is 2.12. The Morgan fingerprint density at radius 1 is 1.37 bits per heavy atom. The molecule has 0 heterocycles. The maximum atomic E-state index is 11.9. The van der Waals surface area contributed by atoms with Crippen molar-refractivity contribution in [3.8, 4) is 0 Å². The maximum Gasteiger partial charge on any atom is 0.234 e. The number of hydrogen-bond donors (Lipinski definition) is 2. The number of nitrogens with one attached hydrogen (secondary N) is 1. The number of nitrogens with two attached hydrogens (primary N) is 1. The Balaban J connectivity index is 2.55. The van der Waals surface area contributed by atoms with Crippen molar-refractivity contribution in [2.75, 3.05) is 18.8 Å². The zero-order valence-corrected chi connectivity index (χ0v) is 12.1. The minimum atomic E-state index is 0.0747. The summed E-state index contributed by atoms with van der Waals surface area (Å²) in [5, 5.41) is 2.98. The van der Waals surface area contributed by atoms with Gasteiger partial charge in [0.05, 0.1) is 6.54 Å². The molecule has 0 aliphatic carbocycles. The fourth-order valence-corrected chi connectivity index (χ4v) is 1.82. The van der Waals surface area contributed by atoms with Crippen LogP contribution >= 0.6 is 0 Å². The molecule has 0 aliphatic rings. The molecule has 4 nitrogen and oxygen atoms in total. The Hall–Kier alpha value is -1.55. The van der Waals surface area contributed by atoms with Crippen LogP contribution in [0.1, 0.15) is 32.8 Å². The van der Waals surface area contributed by atoms with Crippen LogP contribution in [0.3, 0.4) is 0 Å². The number of nitrogen functional groups attached to an aromatic ring is 1. The molecular formula is C15H25N3O. The van der Waals surface area contributed by atoms with Gasteiger partial charge in [-0.25, -0.2) is 0 Å². The van der Waals surface area contributed by atoms with E-state index in [1.165, 1.54) is 0 Å². The number of nitrogens with zero attached hydrogens (tertiary/aromatic N) is 1. The van der Waals surface area contributed by atoms with E-state index in [0.29, 0.717) is 13.1 Å². The summed E-state index contributed by atoms with van der Waals surface area (Å²) < 4.78 is 0. The van der Waals surface area contributed by atoms with Crippen molar-refractivity contribution < 1.29 is 4.79 Å². The first-order valence-corrected chi connectivity index (χ1v) is 6.91. The third-order valence-electron chi connectivity index (χ3n) is 3.28. The molecule has 4 heteroatoms. The van der Waals surface area contributed by atoms with Gasteiger partial charge in [-0.15, -0.1) is 0 Å². The molecule has 0 saturated heterocycles. The zero-order valence-electron chi connectivity index (χ0n) is 12.1. The van der Waals surface area contributed by atoms with E-state index in [1.807, 2.05) is 31.2 Å². The molecule has 0 radical (unpaired) electrons. The molecule has 0 aliphatic heterocycles. The number of para-hydroxylation sites is 1. The first-order chi connectivity index (χ1) is 9.06. The Labute approximate surface area is 116 Å². The van der Waals surface area contributed by atoms with Gasteiger partial charge in [-0.3, -0.25) is 9.69 Å². The lowest BCUT2D eigenvalue weighted by Gasteiger charge is -2.22. The molecule has 1 aromatic rings. The first kappa shape index (κ1) is 15.5. The molecule has 1 atom stereocenters. The smallest absolute Gasteiger partial charge is 0.234 e. The number of carbonyl (C=O) groups excluding carboxylic acids is 1. The highest BCUT2D eigenvalue weighted by molar-refractivity contribution is 5.78. The van der Waals surface area contributed by atoms with Crippen LogP contribution in [0.5, 0.6) is 0 Å². The molecule has 1 amide bonds. The van der Waals surface area contributed by atoms with E-state index >= 15 is 0 Å². The molecule has 3 N–H and O–H groups in total. The number of benzene rings is 1. The largest absolute Gasteiger partial charge is 0.398 e. The first-order valence-electron chi connectivity index (χ1n) is 6.91. The summed E-state index contributed by atoms with van der Waals surface area (Å²) in [7, 11) is 0. The standard InChI is InChI=1S/C15H25N3O/c1-4-12(3)17-15(19)11-18(5-2)10-13-8-6-7-9-14(13)16/h6-9,12H,4-5,10-11,16H2,1-3H3,(H,17,19). The van der Waals surface area contributed by atoms with Crippen molar-refractivity contribution in [2.45, 2.75) is 39.8 Å². The average Bonchev–Trinajstić information content (AvgIpc) is 2.40. The molecule has 106 valence electrons. The van der Waals surface area contributed by atoms with Crippen LogP contribution in [0.4, 0.5) is 5.69 Å². The zero-order chi connectivity index (χ0) is 14.3. The number of anilines is 1. The van der Waals surface area contributed by atoms with Crippen LogP contribution in [-0.4, -0.2) is 29.9 Å². The van der Waals surface area contributed by atoms with Crippen LogP contribution in [-0.2, 0) is 11.3 Å². The second-order valence-corrected chi connectivity index (χ2v) is 4.88. The number of hydrogen-bond acceptors (Lipinski definition) is 3. The SMILES string of the molecule is CCC(C)NC(=O)CN(CC)Cc1ccccc1N. The average molecular weight is 263 g/mol. The molecule has 0 bridgehead atoms. The summed E-state index contributed by atoms with van der Waals surface area (Å²) in [6.07, 6.45) is 0.948. The van der Waals surface area contributed by atoms with Crippen molar-refractivity contribution in [3.63, 3.8) is 0 Å². The third kappa shape index (κ3) is 5.30. The number of rotatable bonds is 7. The normalized spacial score (nSPS) is 12.4. The highest BCUT2D eigenvalue weighted by Crippen LogP contribution is 2.13. The van der Waals surface area contributed by atoms with E-state index in [9.17, 15) is 4.79 Å². The van der Waals surface area contributed by atoms with Gasteiger partial charge in [0.1, 0.15) is 0 Å². The Bertz CT molecular complexity index is 406. The second kappa shape index (κ2) is 7.79. The van der Waals surface area contributed by atoms with Gasteiger partial charge < -0.3 is 11.1 Å². The van der Waals surface area contributed by atoms with Crippen molar-refractivity contribution >= 4 is 11.6 Å². The molecule has 0 aromatic heterocycles. The van der Waals surface area contributed by atoms with Crippen molar-refractivity contribution in [3.05, 3.63) is 29.8 Å².